The molecule has 0 aliphatic carbocycles. The molecule has 0 aliphatic heterocycles. The number of esters is 1. The number of rotatable bonds is 27. The van der Waals surface area contributed by atoms with Crippen LogP contribution in [0.2, 0.25) is 0 Å². The number of likely N-dealkylation sites (N-methyl/N-ethyl adjacent to an activating group) is 1. The van der Waals surface area contributed by atoms with E-state index in [0.717, 1.165) is 19.3 Å². The molecule has 0 saturated heterocycles. The molecule has 0 bridgehead atoms. The number of unbranched alkanes of at least 4 members (excludes halogenated alkanes) is 15. The molecule has 0 radical (unpaired) electrons. The molecule has 7 nitrogen and oxygen atoms in total. The zero-order valence-electron chi connectivity index (χ0n) is 25.0. The quantitative estimate of drug-likeness (QED) is 0.0455. The van der Waals surface area contributed by atoms with Crippen LogP contribution in [-0.2, 0) is 23.1 Å². The van der Waals surface area contributed by atoms with E-state index in [4.69, 9.17) is 13.8 Å². The summed E-state index contributed by atoms with van der Waals surface area (Å²) in [5, 5.41) is 0. The molecule has 0 aromatic carbocycles. The van der Waals surface area contributed by atoms with Crippen LogP contribution in [0.15, 0.2) is 0 Å². The molecule has 0 saturated carbocycles. The predicted molar refractivity (Wildman–Crippen MR) is 151 cm³/mol. The van der Waals surface area contributed by atoms with E-state index in [9.17, 15) is 14.3 Å². The molecule has 0 fully saturated rings. The molecule has 0 spiro atoms. The van der Waals surface area contributed by atoms with Crippen LogP contribution in [0.4, 0.5) is 0 Å². The number of quaternary nitrogens is 1. The van der Waals surface area contributed by atoms with E-state index in [1.807, 2.05) is 28.1 Å². The molecule has 0 amide bonds. The summed E-state index contributed by atoms with van der Waals surface area (Å²) in [6.07, 6.45) is 21.8. The molecule has 0 N–H and O–H groups in total. The average Bonchev–Trinajstić information content (AvgIpc) is 2.81. The van der Waals surface area contributed by atoms with E-state index in [-0.39, 0.29) is 19.2 Å². The normalized spacial score (nSPS) is 14.4. The predicted octanol–water partition coefficient (Wildman–Crippen LogP) is 7.56. The Balaban J connectivity index is 3.96. The Morgan fingerprint density at radius 1 is 0.730 bits per heavy atom. The minimum Gasteiger partial charge on any atom is -0.756 e. The van der Waals surface area contributed by atoms with Gasteiger partial charge in [-0.15, -0.1) is 0 Å². The van der Waals surface area contributed by atoms with Gasteiger partial charge in [-0.3, -0.25) is 9.36 Å². The third-order valence-electron chi connectivity index (χ3n) is 6.56. The van der Waals surface area contributed by atoms with Gasteiger partial charge in [0.15, 0.2) is 0 Å². The van der Waals surface area contributed by atoms with Crippen LogP contribution < -0.4 is 4.89 Å². The third kappa shape index (κ3) is 26.9. The SMILES string of the molecule is CCCCCCCCCCCCCCCCCCC(COP(=O)([O-])OCC[N+](C)(C)C)OC(=O)CCC. The number of ether oxygens (including phenoxy) is 1. The Bertz CT molecular complexity index is 581. The van der Waals surface area contributed by atoms with Crippen LogP contribution in [0.5, 0.6) is 0 Å². The van der Waals surface area contributed by atoms with E-state index < -0.39 is 13.9 Å². The molecule has 0 aromatic rings. The second-order valence-electron chi connectivity index (χ2n) is 11.5. The number of carbonyl (C=O) groups excluding carboxylic acids is 1. The largest absolute Gasteiger partial charge is 0.756 e. The molecule has 0 aromatic heterocycles. The van der Waals surface area contributed by atoms with Gasteiger partial charge < -0.3 is 23.2 Å². The number of hydrogen-bond donors (Lipinski definition) is 0. The Hall–Kier alpha value is -0.460. The second-order valence-corrected chi connectivity index (χ2v) is 13.0. The van der Waals surface area contributed by atoms with Crippen molar-refractivity contribution in [2.45, 2.75) is 142 Å². The highest BCUT2D eigenvalue weighted by molar-refractivity contribution is 7.45. The number of carbonyl (C=O) groups is 1. The highest BCUT2D eigenvalue weighted by atomic mass is 31.2. The highest BCUT2D eigenvalue weighted by Crippen LogP contribution is 2.38. The van der Waals surface area contributed by atoms with Gasteiger partial charge in [0.1, 0.15) is 19.3 Å². The number of nitrogens with zero attached hydrogens (tertiary/aromatic N) is 1. The van der Waals surface area contributed by atoms with E-state index in [0.29, 0.717) is 30.3 Å². The molecule has 37 heavy (non-hydrogen) atoms. The summed E-state index contributed by atoms with van der Waals surface area (Å²) >= 11 is 0. The Morgan fingerprint density at radius 2 is 1.19 bits per heavy atom. The Labute approximate surface area is 229 Å². The first kappa shape index (κ1) is 36.5. The maximum Gasteiger partial charge on any atom is 0.306 e. The molecule has 8 heteroatoms. The van der Waals surface area contributed by atoms with Gasteiger partial charge in [0.25, 0.3) is 7.82 Å². The van der Waals surface area contributed by atoms with Gasteiger partial charge in [0.05, 0.1) is 27.7 Å². The van der Waals surface area contributed by atoms with Crippen molar-refractivity contribution in [3.63, 3.8) is 0 Å². The standard InChI is InChI=1S/C29H60NO6P/c1-6-8-9-10-11-12-13-14-15-16-17-18-19-20-21-22-24-28(36-29(31)23-7-2)27-35-37(32,33)34-26-25-30(3,4)5/h28H,6-27H2,1-5H3. The Kier molecular flexibility index (Phi) is 23.1. The molecular formula is C29H60NO6P. The smallest absolute Gasteiger partial charge is 0.306 e. The maximum atomic E-state index is 12.1. The summed E-state index contributed by atoms with van der Waals surface area (Å²) in [5.74, 6) is -0.306. The van der Waals surface area contributed by atoms with Gasteiger partial charge in [-0.05, 0) is 19.3 Å². The molecule has 0 rings (SSSR count). The van der Waals surface area contributed by atoms with E-state index in [1.54, 1.807) is 0 Å². The lowest BCUT2D eigenvalue weighted by molar-refractivity contribution is -0.870. The van der Waals surface area contributed by atoms with E-state index >= 15 is 0 Å². The van der Waals surface area contributed by atoms with Crippen LogP contribution in [-0.4, -0.2) is 57.5 Å². The topological polar surface area (TPSA) is 84.9 Å². The van der Waals surface area contributed by atoms with Crippen molar-refractivity contribution in [2.24, 2.45) is 0 Å². The summed E-state index contributed by atoms with van der Waals surface area (Å²) in [7, 11) is 1.46. The summed E-state index contributed by atoms with van der Waals surface area (Å²) in [5.41, 5.74) is 0. The lowest BCUT2D eigenvalue weighted by atomic mass is 10.0. The van der Waals surface area contributed by atoms with Crippen LogP contribution in [0.25, 0.3) is 0 Å². The van der Waals surface area contributed by atoms with Gasteiger partial charge in [0, 0.05) is 6.42 Å². The first-order chi connectivity index (χ1) is 17.6. The fourth-order valence-corrected chi connectivity index (χ4v) is 4.91. The van der Waals surface area contributed by atoms with Crippen LogP contribution in [0.3, 0.4) is 0 Å². The lowest BCUT2D eigenvalue weighted by Gasteiger charge is -2.28. The molecule has 2 atom stereocenters. The molecule has 222 valence electrons. The van der Waals surface area contributed by atoms with Crippen molar-refractivity contribution in [1.29, 1.82) is 0 Å². The lowest BCUT2D eigenvalue weighted by Crippen LogP contribution is -2.37. The van der Waals surface area contributed by atoms with Crippen molar-refractivity contribution >= 4 is 13.8 Å². The summed E-state index contributed by atoms with van der Waals surface area (Å²) in [6.45, 7) is 4.60. The van der Waals surface area contributed by atoms with E-state index in [2.05, 4.69) is 6.92 Å². The van der Waals surface area contributed by atoms with Gasteiger partial charge in [-0.25, -0.2) is 0 Å². The first-order valence-electron chi connectivity index (χ1n) is 15.2. The fourth-order valence-electron chi connectivity index (χ4n) is 4.18. The van der Waals surface area contributed by atoms with Gasteiger partial charge in [-0.2, -0.15) is 0 Å². The second kappa shape index (κ2) is 23.4. The number of phosphoric ester groups is 1. The molecule has 2 unspecified atom stereocenters. The number of hydrogen-bond acceptors (Lipinski definition) is 6. The third-order valence-corrected chi connectivity index (χ3v) is 7.53. The summed E-state index contributed by atoms with van der Waals surface area (Å²) in [6, 6.07) is 0. The average molecular weight is 550 g/mol. The van der Waals surface area contributed by atoms with E-state index in [1.165, 1.54) is 83.5 Å². The van der Waals surface area contributed by atoms with Crippen molar-refractivity contribution in [2.75, 3.05) is 40.9 Å². The van der Waals surface area contributed by atoms with Gasteiger partial charge in [-0.1, -0.05) is 110 Å². The molecular weight excluding hydrogens is 489 g/mol. The monoisotopic (exact) mass is 549 g/mol. The fraction of sp³-hybridized carbons (Fsp3) is 0.966. The maximum absolute atomic E-state index is 12.1. The molecule has 0 heterocycles. The summed E-state index contributed by atoms with van der Waals surface area (Å²) in [4.78, 5) is 24.1. The zero-order valence-corrected chi connectivity index (χ0v) is 25.9. The van der Waals surface area contributed by atoms with Crippen molar-refractivity contribution in [3.05, 3.63) is 0 Å². The van der Waals surface area contributed by atoms with Gasteiger partial charge in [0.2, 0.25) is 0 Å². The Morgan fingerprint density at radius 3 is 1.62 bits per heavy atom. The van der Waals surface area contributed by atoms with Crippen LogP contribution in [0, 0.1) is 0 Å². The highest BCUT2D eigenvalue weighted by Gasteiger charge is 2.19. The van der Waals surface area contributed by atoms with Gasteiger partial charge >= 0.3 is 5.97 Å². The summed E-state index contributed by atoms with van der Waals surface area (Å²) < 4.78 is 28.2. The number of phosphoric acid groups is 1. The minimum atomic E-state index is -4.42. The minimum absolute atomic E-state index is 0.0592. The molecule has 0 aliphatic rings. The van der Waals surface area contributed by atoms with Crippen molar-refractivity contribution < 1.29 is 32.5 Å². The van der Waals surface area contributed by atoms with Crippen molar-refractivity contribution in [3.8, 4) is 0 Å². The zero-order chi connectivity index (χ0) is 27.8. The van der Waals surface area contributed by atoms with Crippen LogP contribution in [0.1, 0.15) is 136 Å². The van der Waals surface area contributed by atoms with Crippen LogP contribution >= 0.6 is 7.82 Å². The van der Waals surface area contributed by atoms with Crippen molar-refractivity contribution in [1.82, 2.24) is 0 Å². The first-order valence-corrected chi connectivity index (χ1v) is 16.7.